The Hall–Kier alpha value is -0.900. The van der Waals surface area contributed by atoms with Gasteiger partial charge < -0.3 is 5.11 Å². The highest BCUT2D eigenvalue weighted by Gasteiger charge is 2.12. The van der Waals surface area contributed by atoms with Crippen molar-refractivity contribution in [2.45, 2.75) is 13.0 Å². The molecule has 0 amide bonds. The van der Waals surface area contributed by atoms with Crippen LogP contribution in [0.5, 0.6) is 0 Å². The molecule has 1 N–H and O–H groups in total. The first-order valence-electron chi connectivity index (χ1n) is 4.50. The van der Waals surface area contributed by atoms with E-state index in [0.29, 0.717) is 10.7 Å². The average molecular weight is 240 g/mol. The van der Waals surface area contributed by atoms with E-state index in [1.54, 1.807) is 11.6 Å². The predicted octanol–water partition coefficient (Wildman–Crippen LogP) is 3.19. The summed E-state index contributed by atoms with van der Waals surface area (Å²) in [6.45, 7) is 1.93. The first kappa shape index (κ1) is 10.6. The van der Waals surface area contributed by atoms with Gasteiger partial charge in [-0.05, 0) is 24.1 Å². The van der Waals surface area contributed by atoms with Gasteiger partial charge in [0, 0.05) is 10.4 Å². The van der Waals surface area contributed by atoms with Crippen LogP contribution in [0.25, 0.3) is 0 Å². The lowest BCUT2D eigenvalue weighted by Crippen LogP contribution is -1.99. The molecule has 0 aliphatic heterocycles. The second-order valence-corrected chi connectivity index (χ2v) is 4.45. The number of nitrogens with zero attached hydrogens (tertiary/aromatic N) is 1. The lowest BCUT2D eigenvalue weighted by atomic mass is 10.1. The smallest absolute Gasteiger partial charge is 0.122 e. The van der Waals surface area contributed by atoms with Crippen LogP contribution >= 0.6 is 22.9 Å². The number of halogens is 1. The summed E-state index contributed by atoms with van der Waals surface area (Å²) in [4.78, 5) is 4.07. The molecule has 0 aliphatic carbocycles. The van der Waals surface area contributed by atoms with Gasteiger partial charge in [0.2, 0.25) is 0 Å². The molecule has 0 radical (unpaired) electrons. The fourth-order valence-corrected chi connectivity index (χ4v) is 2.07. The van der Waals surface area contributed by atoms with Crippen molar-refractivity contribution in [3.63, 3.8) is 0 Å². The Balaban J connectivity index is 2.34. The van der Waals surface area contributed by atoms with Gasteiger partial charge in [-0.25, -0.2) is 4.98 Å². The number of aryl methyl sites for hydroxylation is 1. The van der Waals surface area contributed by atoms with E-state index >= 15 is 0 Å². The molecular weight excluding hydrogens is 230 g/mol. The summed E-state index contributed by atoms with van der Waals surface area (Å²) >= 11 is 7.46. The molecule has 1 heterocycles. The molecule has 2 nitrogen and oxygen atoms in total. The average Bonchev–Trinajstić information content (AvgIpc) is 2.74. The van der Waals surface area contributed by atoms with Crippen molar-refractivity contribution in [1.82, 2.24) is 4.98 Å². The third-order valence-corrected chi connectivity index (χ3v) is 3.26. The van der Waals surface area contributed by atoms with Crippen molar-refractivity contribution in [3.8, 4) is 0 Å². The second kappa shape index (κ2) is 4.31. The van der Waals surface area contributed by atoms with Gasteiger partial charge in [-0.3, -0.25) is 0 Å². The Morgan fingerprint density at radius 2 is 2.27 bits per heavy atom. The van der Waals surface area contributed by atoms with Crippen LogP contribution in [0.15, 0.2) is 29.1 Å². The number of aliphatic hydroxyl groups is 1. The van der Waals surface area contributed by atoms with Gasteiger partial charge in [0.05, 0.1) is 11.2 Å². The van der Waals surface area contributed by atoms with E-state index in [2.05, 4.69) is 4.98 Å². The zero-order valence-corrected chi connectivity index (χ0v) is 9.72. The van der Waals surface area contributed by atoms with Gasteiger partial charge >= 0.3 is 0 Å². The van der Waals surface area contributed by atoms with Crippen molar-refractivity contribution in [2.24, 2.45) is 0 Å². The summed E-state index contributed by atoms with van der Waals surface area (Å²) in [5.41, 5.74) is 4.15. The maximum Gasteiger partial charge on any atom is 0.122 e. The van der Waals surface area contributed by atoms with E-state index in [4.69, 9.17) is 11.6 Å². The SMILES string of the molecule is Cc1ccc(C(O)c2cscn2)cc1Cl. The normalized spacial score (nSPS) is 12.7. The van der Waals surface area contributed by atoms with Gasteiger partial charge in [0.25, 0.3) is 0 Å². The zero-order valence-electron chi connectivity index (χ0n) is 8.14. The Labute approximate surface area is 97.2 Å². The molecule has 2 rings (SSSR count). The molecule has 2 aromatic rings. The van der Waals surface area contributed by atoms with Gasteiger partial charge in [-0.2, -0.15) is 0 Å². The molecule has 0 aliphatic rings. The van der Waals surface area contributed by atoms with Gasteiger partial charge in [-0.15, -0.1) is 11.3 Å². The Kier molecular flexibility index (Phi) is 3.05. The van der Waals surface area contributed by atoms with Crippen LogP contribution in [-0.4, -0.2) is 10.1 Å². The molecule has 0 bridgehead atoms. The van der Waals surface area contributed by atoms with E-state index in [1.165, 1.54) is 11.3 Å². The van der Waals surface area contributed by atoms with E-state index < -0.39 is 6.10 Å². The van der Waals surface area contributed by atoms with E-state index in [0.717, 1.165) is 11.1 Å². The molecular formula is C11H10ClNOS. The van der Waals surface area contributed by atoms with Crippen molar-refractivity contribution in [3.05, 3.63) is 50.9 Å². The molecule has 4 heteroatoms. The summed E-state index contributed by atoms with van der Waals surface area (Å²) in [5.74, 6) is 0. The van der Waals surface area contributed by atoms with Crippen LogP contribution in [0.1, 0.15) is 22.9 Å². The molecule has 15 heavy (non-hydrogen) atoms. The predicted molar refractivity (Wildman–Crippen MR) is 62.4 cm³/mol. The maximum atomic E-state index is 9.98. The topological polar surface area (TPSA) is 33.1 Å². The highest BCUT2D eigenvalue weighted by atomic mass is 35.5. The lowest BCUT2D eigenvalue weighted by Gasteiger charge is -2.09. The van der Waals surface area contributed by atoms with Crippen LogP contribution in [0.3, 0.4) is 0 Å². The second-order valence-electron chi connectivity index (χ2n) is 3.32. The molecule has 78 valence electrons. The minimum Gasteiger partial charge on any atom is -0.382 e. The minimum atomic E-state index is -0.686. The number of thiazole rings is 1. The van der Waals surface area contributed by atoms with Crippen molar-refractivity contribution in [2.75, 3.05) is 0 Å². The summed E-state index contributed by atoms with van der Waals surface area (Å²) < 4.78 is 0. The molecule has 1 unspecified atom stereocenters. The molecule has 0 saturated heterocycles. The molecule has 0 spiro atoms. The largest absolute Gasteiger partial charge is 0.382 e. The minimum absolute atomic E-state index is 0.667. The molecule has 1 aromatic carbocycles. The Bertz CT molecular complexity index is 456. The van der Waals surface area contributed by atoms with Gasteiger partial charge in [0.15, 0.2) is 0 Å². The highest BCUT2D eigenvalue weighted by molar-refractivity contribution is 7.07. The number of rotatable bonds is 2. The maximum absolute atomic E-state index is 9.98. The van der Waals surface area contributed by atoms with Crippen LogP contribution in [0.4, 0.5) is 0 Å². The summed E-state index contributed by atoms with van der Waals surface area (Å²) in [6, 6.07) is 5.54. The number of benzene rings is 1. The molecule has 1 atom stereocenters. The highest BCUT2D eigenvalue weighted by Crippen LogP contribution is 2.25. The molecule has 1 aromatic heterocycles. The number of hydrogen-bond donors (Lipinski definition) is 1. The summed E-state index contributed by atoms with van der Waals surface area (Å²) in [5, 5.41) is 12.5. The Morgan fingerprint density at radius 3 is 2.87 bits per heavy atom. The van der Waals surface area contributed by atoms with Crippen molar-refractivity contribution in [1.29, 1.82) is 0 Å². The quantitative estimate of drug-likeness (QED) is 0.873. The van der Waals surface area contributed by atoms with E-state index in [-0.39, 0.29) is 0 Å². The van der Waals surface area contributed by atoms with E-state index in [1.807, 2.05) is 24.4 Å². The van der Waals surface area contributed by atoms with Crippen molar-refractivity contribution < 1.29 is 5.11 Å². The number of aliphatic hydroxyl groups excluding tert-OH is 1. The van der Waals surface area contributed by atoms with Gasteiger partial charge in [0.1, 0.15) is 6.10 Å². The van der Waals surface area contributed by atoms with Crippen LogP contribution < -0.4 is 0 Å². The third kappa shape index (κ3) is 2.20. The number of hydrogen-bond acceptors (Lipinski definition) is 3. The fourth-order valence-electron chi connectivity index (χ4n) is 1.31. The number of aromatic nitrogens is 1. The monoisotopic (exact) mass is 239 g/mol. The zero-order chi connectivity index (χ0) is 10.8. The third-order valence-electron chi connectivity index (χ3n) is 2.24. The van der Waals surface area contributed by atoms with Crippen LogP contribution in [-0.2, 0) is 0 Å². The van der Waals surface area contributed by atoms with Crippen molar-refractivity contribution >= 4 is 22.9 Å². The molecule has 0 fully saturated rings. The molecule has 0 saturated carbocycles. The van der Waals surface area contributed by atoms with Crippen LogP contribution in [0, 0.1) is 6.92 Å². The van der Waals surface area contributed by atoms with Crippen LogP contribution in [0.2, 0.25) is 5.02 Å². The Morgan fingerprint density at radius 1 is 1.47 bits per heavy atom. The first-order valence-corrected chi connectivity index (χ1v) is 5.83. The fraction of sp³-hybridized carbons (Fsp3) is 0.182. The first-order chi connectivity index (χ1) is 7.18. The van der Waals surface area contributed by atoms with Gasteiger partial charge in [-0.1, -0.05) is 23.7 Å². The van der Waals surface area contributed by atoms with E-state index in [9.17, 15) is 5.11 Å². The standard InChI is InChI=1S/C11H10ClNOS/c1-7-2-3-8(4-9(7)12)11(14)10-5-15-6-13-10/h2-6,11,14H,1H3. The lowest BCUT2D eigenvalue weighted by molar-refractivity contribution is 0.216. The summed E-state index contributed by atoms with van der Waals surface area (Å²) in [7, 11) is 0. The summed E-state index contributed by atoms with van der Waals surface area (Å²) in [6.07, 6.45) is -0.686.